The zero-order valence-corrected chi connectivity index (χ0v) is 16.6. The predicted octanol–water partition coefficient (Wildman–Crippen LogP) is 4.31. The summed E-state index contributed by atoms with van der Waals surface area (Å²) in [5, 5.41) is 13.3. The number of alkyl halides is 1. The first-order valence-electron chi connectivity index (χ1n) is 9.28. The zero-order valence-electron chi connectivity index (χ0n) is 15.1. The number of amides is 1. The number of hydrogen-bond acceptors (Lipinski definition) is 5. The van der Waals surface area contributed by atoms with Crippen LogP contribution in [-0.4, -0.2) is 28.3 Å². The molecule has 9 heteroatoms. The number of rotatable bonds is 5. The number of nitro benzene ring substituents is 1. The molecule has 1 amide bonds. The van der Waals surface area contributed by atoms with Crippen LogP contribution >= 0.6 is 23.2 Å². The second-order valence-electron chi connectivity index (χ2n) is 8.44. The number of nitro groups is 1. The predicted molar refractivity (Wildman–Crippen MR) is 103 cm³/mol. The Kier molecular flexibility index (Phi) is 4.78. The van der Waals surface area contributed by atoms with E-state index in [0.29, 0.717) is 18.3 Å². The zero-order chi connectivity index (χ0) is 20.1. The Labute approximate surface area is 171 Å². The van der Waals surface area contributed by atoms with E-state index in [1.54, 1.807) is 0 Å². The molecule has 28 heavy (non-hydrogen) atoms. The average molecular weight is 427 g/mol. The van der Waals surface area contributed by atoms with Gasteiger partial charge in [0.1, 0.15) is 0 Å². The minimum Gasteiger partial charge on any atom is -0.455 e. The molecule has 2 atom stereocenters. The van der Waals surface area contributed by atoms with Gasteiger partial charge in [0, 0.05) is 17.0 Å². The fraction of sp³-hybridized carbons (Fsp3) is 0.579. The number of benzene rings is 1. The fourth-order valence-corrected chi connectivity index (χ4v) is 6.49. The summed E-state index contributed by atoms with van der Waals surface area (Å²) in [5.74, 6) is 0.0177. The molecule has 1 N–H and O–H groups in total. The molecule has 4 aliphatic rings. The summed E-state index contributed by atoms with van der Waals surface area (Å²) >= 11 is 12.7. The van der Waals surface area contributed by atoms with E-state index in [1.807, 2.05) is 0 Å². The maximum Gasteiger partial charge on any atom is 0.312 e. The van der Waals surface area contributed by atoms with Crippen LogP contribution in [0.5, 0.6) is 0 Å². The molecule has 1 aromatic carbocycles. The number of esters is 1. The van der Waals surface area contributed by atoms with Gasteiger partial charge < -0.3 is 10.1 Å². The monoisotopic (exact) mass is 426 g/mol. The highest BCUT2D eigenvalue weighted by Gasteiger charge is 2.60. The average Bonchev–Trinajstić information content (AvgIpc) is 2.59. The van der Waals surface area contributed by atoms with E-state index >= 15 is 0 Å². The lowest BCUT2D eigenvalue weighted by molar-refractivity contribution is -0.384. The Morgan fingerprint density at radius 3 is 2.50 bits per heavy atom. The smallest absolute Gasteiger partial charge is 0.312 e. The third-order valence-electron chi connectivity index (χ3n) is 6.19. The minimum atomic E-state index is -0.575. The van der Waals surface area contributed by atoms with Gasteiger partial charge in [0.25, 0.3) is 11.6 Å². The molecule has 4 bridgehead atoms. The fourth-order valence-electron chi connectivity index (χ4n) is 5.58. The lowest BCUT2D eigenvalue weighted by Gasteiger charge is -2.58. The topological polar surface area (TPSA) is 98.5 Å². The first kappa shape index (κ1) is 19.5. The van der Waals surface area contributed by atoms with Crippen molar-refractivity contribution in [1.29, 1.82) is 0 Å². The lowest BCUT2D eigenvalue weighted by atomic mass is 9.49. The molecule has 0 radical (unpaired) electrons. The molecule has 0 aromatic heterocycles. The minimum absolute atomic E-state index is 0.0408. The molecule has 0 heterocycles. The normalized spacial score (nSPS) is 32.8. The van der Waals surface area contributed by atoms with E-state index < -0.39 is 22.9 Å². The van der Waals surface area contributed by atoms with Gasteiger partial charge in [-0.15, -0.1) is 11.6 Å². The molecular weight excluding hydrogens is 407 g/mol. The third kappa shape index (κ3) is 3.57. The molecule has 1 aromatic rings. The Balaban J connectivity index is 1.36. The number of nitrogens with one attached hydrogen (secondary N) is 1. The van der Waals surface area contributed by atoms with Crippen LogP contribution in [0.2, 0.25) is 5.02 Å². The van der Waals surface area contributed by atoms with Gasteiger partial charge in [-0.3, -0.25) is 19.7 Å². The molecule has 0 aliphatic heterocycles. The van der Waals surface area contributed by atoms with Crippen molar-refractivity contribution in [2.75, 3.05) is 11.9 Å². The molecule has 7 nitrogen and oxygen atoms in total. The van der Waals surface area contributed by atoms with Gasteiger partial charge in [-0.25, -0.2) is 0 Å². The molecule has 4 aliphatic carbocycles. The molecule has 150 valence electrons. The summed E-state index contributed by atoms with van der Waals surface area (Å²) in [6, 6.07) is 3.73. The van der Waals surface area contributed by atoms with Crippen molar-refractivity contribution < 1.29 is 19.2 Å². The van der Waals surface area contributed by atoms with Crippen LogP contribution in [-0.2, 0) is 14.3 Å². The summed E-state index contributed by atoms with van der Waals surface area (Å²) in [6.07, 6.45) is 5.23. The largest absolute Gasteiger partial charge is 0.455 e. The summed E-state index contributed by atoms with van der Waals surface area (Å²) in [6.45, 7) is -0.432. The highest BCUT2D eigenvalue weighted by Crippen LogP contribution is 2.64. The van der Waals surface area contributed by atoms with Gasteiger partial charge in [0.2, 0.25) is 0 Å². The molecule has 4 saturated carbocycles. The number of carbonyl (C=O) groups is 2. The van der Waals surface area contributed by atoms with Gasteiger partial charge in [0.05, 0.1) is 21.0 Å². The van der Waals surface area contributed by atoms with Crippen molar-refractivity contribution >= 4 is 46.5 Å². The van der Waals surface area contributed by atoms with Gasteiger partial charge in [-0.05, 0) is 56.4 Å². The number of anilines is 1. The van der Waals surface area contributed by atoms with Gasteiger partial charge in [-0.2, -0.15) is 0 Å². The number of hydrogen-bond donors (Lipinski definition) is 1. The van der Waals surface area contributed by atoms with Crippen molar-refractivity contribution in [2.45, 2.75) is 43.4 Å². The Morgan fingerprint density at radius 1 is 1.25 bits per heavy atom. The van der Waals surface area contributed by atoms with E-state index in [9.17, 15) is 19.7 Å². The standard InChI is InChI=1S/C19H20Cl2N2O5/c20-14-4-13(23(26)27)1-2-15(14)22-16(24)9-28-17(25)18-5-11-3-12(6-18)8-19(21,7-11)10-18/h1-2,4,11-12H,3,5-10H2,(H,22,24)/t11-,12-,18?,19?/m1/s1. The molecule has 5 rings (SSSR count). The lowest BCUT2D eigenvalue weighted by Crippen LogP contribution is -2.56. The summed E-state index contributed by atoms with van der Waals surface area (Å²) in [5.41, 5.74) is -0.522. The molecular formula is C19H20Cl2N2O5. The summed E-state index contributed by atoms with van der Waals surface area (Å²) in [7, 11) is 0. The van der Waals surface area contributed by atoms with Crippen LogP contribution < -0.4 is 5.32 Å². The van der Waals surface area contributed by atoms with Crippen LogP contribution in [0, 0.1) is 27.4 Å². The number of ether oxygens (including phenoxy) is 1. The maximum atomic E-state index is 12.8. The molecule has 0 spiro atoms. The number of carbonyl (C=O) groups excluding carboxylic acids is 2. The van der Waals surface area contributed by atoms with E-state index in [4.69, 9.17) is 27.9 Å². The van der Waals surface area contributed by atoms with Crippen LogP contribution in [0.25, 0.3) is 0 Å². The number of nitrogens with zero attached hydrogens (tertiary/aromatic N) is 1. The third-order valence-corrected chi connectivity index (χ3v) is 6.95. The second-order valence-corrected chi connectivity index (χ2v) is 9.65. The van der Waals surface area contributed by atoms with Gasteiger partial charge >= 0.3 is 5.97 Å². The summed E-state index contributed by atoms with van der Waals surface area (Å²) in [4.78, 5) is 34.9. The number of halogens is 2. The van der Waals surface area contributed by atoms with Gasteiger partial charge in [-0.1, -0.05) is 11.6 Å². The highest BCUT2D eigenvalue weighted by atomic mass is 35.5. The quantitative estimate of drug-likeness (QED) is 0.327. The molecule has 4 fully saturated rings. The van der Waals surface area contributed by atoms with Crippen molar-refractivity contribution in [3.05, 3.63) is 33.3 Å². The van der Waals surface area contributed by atoms with E-state index in [0.717, 1.165) is 38.2 Å². The molecule has 0 saturated heterocycles. The van der Waals surface area contributed by atoms with Crippen LogP contribution in [0.1, 0.15) is 38.5 Å². The Morgan fingerprint density at radius 2 is 1.93 bits per heavy atom. The first-order valence-corrected chi connectivity index (χ1v) is 10.0. The Bertz CT molecular complexity index is 845. The van der Waals surface area contributed by atoms with E-state index in [-0.39, 0.29) is 27.2 Å². The number of non-ortho nitro benzene ring substituents is 1. The maximum absolute atomic E-state index is 12.8. The van der Waals surface area contributed by atoms with Crippen molar-refractivity contribution in [3.63, 3.8) is 0 Å². The first-order chi connectivity index (χ1) is 13.2. The van der Waals surface area contributed by atoms with E-state index in [1.165, 1.54) is 12.1 Å². The summed E-state index contributed by atoms with van der Waals surface area (Å²) < 4.78 is 5.35. The second kappa shape index (κ2) is 6.88. The van der Waals surface area contributed by atoms with Crippen LogP contribution in [0.3, 0.4) is 0 Å². The highest BCUT2D eigenvalue weighted by molar-refractivity contribution is 6.34. The van der Waals surface area contributed by atoms with E-state index in [2.05, 4.69) is 5.32 Å². The van der Waals surface area contributed by atoms with Crippen LogP contribution in [0.15, 0.2) is 18.2 Å². The van der Waals surface area contributed by atoms with Crippen molar-refractivity contribution in [1.82, 2.24) is 0 Å². The van der Waals surface area contributed by atoms with Crippen molar-refractivity contribution in [2.24, 2.45) is 17.3 Å². The Hall–Kier alpha value is -1.86. The van der Waals surface area contributed by atoms with Gasteiger partial charge in [0.15, 0.2) is 6.61 Å². The van der Waals surface area contributed by atoms with Crippen molar-refractivity contribution in [3.8, 4) is 0 Å². The molecule has 0 unspecified atom stereocenters. The SMILES string of the molecule is O=C(COC(=O)C12C[C@H]3C[C@@H](CC(Cl)(C3)C1)C2)Nc1ccc([N+](=O)[O-])cc1Cl. The van der Waals surface area contributed by atoms with Crippen LogP contribution in [0.4, 0.5) is 11.4 Å².